The molecule has 0 spiro atoms. The summed E-state index contributed by atoms with van der Waals surface area (Å²) in [5.74, 6) is 0.232. The van der Waals surface area contributed by atoms with Crippen LogP contribution in [0, 0.1) is 5.82 Å². The number of nitrogens with zero attached hydrogens (tertiary/aromatic N) is 7. The van der Waals surface area contributed by atoms with Gasteiger partial charge < -0.3 is 4.90 Å². The predicted octanol–water partition coefficient (Wildman–Crippen LogP) is 1.37. The molecule has 1 aromatic carbocycles. The van der Waals surface area contributed by atoms with Gasteiger partial charge in [-0.25, -0.2) is 37.8 Å². The number of hydroxylamine groups is 2. The summed E-state index contributed by atoms with van der Waals surface area (Å²) in [5, 5.41) is 10.4. The van der Waals surface area contributed by atoms with Crippen molar-refractivity contribution in [2.75, 3.05) is 36.8 Å². The third-order valence-corrected chi connectivity index (χ3v) is 7.89. The predicted molar refractivity (Wildman–Crippen MR) is 129 cm³/mol. The van der Waals surface area contributed by atoms with Crippen LogP contribution >= 0.6 is 0 Å². The Kier molecular flexibility index (Phi) is 8.13. The van der Waals surface area contributed by atoms with Gasteiger partial charge in [-0.05, 0) is 30.2 Å². The van der Waals surface area contributed by atoms with Crippen LogP contribution in [0.3, 0.4) is 0 Å². The number of piperazine rings is 1. The number of aromatic nitrogens is 4. The van der Waals surface area contributed by atoms with Crippen LogP contribution in [0.5, 0.6) is 0 Å². The number of carbonyl (C=O) groups excluding carboxylic acids is 1. The van der Waals surface area contributed by atoms with Gasteiger partial charge in [-0.2, -0.15) is 4.31 Å². The summed E-state index contributed by atoms with van der Waals surface area (Å²) < 4.78 is 40.6. The third-order valence-electron chi connectivity index (χ3n) is 5.94. The molecule has 3 heterocycles. The van der Waals surface area contributed by atoms with Gasteiger partial charge in [-0.1, -0.05) is 12.1 Å². The minimum Gasteiger partial charge on any atom is -0.338 e. The molecular weight excluding hydrogens is 489 g/mol. The Hall–Kier alpha value is -3.55. The Morgan fingerprint density at radius 2 is 1.64 bits per heavy atom. The lowest BCUT2D eigenvalue weighted by Crippen LogP contribution is -2.51. The van der Waals surface area contributed by atoms with Crippen molar-refractivity contribution < 1.29 is 22.8 Å². The van der Waals surface area contributed by atoms with E-state index in [9.17, 15) is 22.8 Å². The van der Waals surface area contributed by atoms with E-state index in [1.165, 1.54) is 16.4 Å². The normalized spacial score (nSPS) is 15.4. The number of anilines is 1. The molecule has 0 aliphatic carbocycles. The number of benzene rings is 1. The molecule has 11 nitrogen and oxygen atoms in total. The summed E-state index contributed by atoms with van der Waals surface area (Å²) in [7, 11) is -3.76. The maximum Gasteiger partial charge on any atom is 0.233 e. The third kappa shape index (κ3) is 6.36. The number of hydrogen-bond acceptors (Lipinski definition) is 9. The van der Waals surface area contributed by atoms with E-state index in [4.69, 9.17) is 0 Å². The smallest absolute Gasteiger partial charge is 0.233 e. The van der Waals surface area contributed by atoms with E-state index in [0.29, 0.717) is 36.3 Å². The van der Waals surface area contributed by atoms with E-state index < -0.39 is 21.8 Å². The van der Waals surface area contributed by atoms with E-state index in [1.54, 1.807) is 43.0 Å². The highest BCUT2D eigenvalue weighted by atomic mass is 32.2. The molecule has 36 heavy (non-hydrogen) atoms. The average Bonchev–Trinajstić information content (AvgIpc) is 2.92. The molecule has 1 N–H and O–H groups in total. The molecule has 1 saturated heterocycles. The first-order valence-electron chi connectivity index (χ1n) is 11.3. The monoisotopic (exact) mass is 515 g/mol. The van der Waals surface area contributed by atoms with Crippen LogP contribution in [0.2, 0.25) is 0 Å². The first kappa shape index (κ1) is 25.5. The molecule has 3 aromatic rings. The summed E-state index contributed by atoms with van der Waals surface area (Å²) >= 11 is 0. The van der Waals surface area contributed by atoms with Gasteiger partial charge in [0.15, 0.2) is 0 Å². The number of aryl methyl sites for hydroxylation is 1. The second kappa shape index (κ2) is 11.5. The van der Waals surface area contributed by atoms with Crippen LogP contribution in [0.4, 0.5) is 10.3 Å². The number of carbonyl (C=O) groups is 1. The second-order valence-corrected chi connectivity index (χ2v) is 10.3. The number of rotatable bonds is 10. The molecule has 1 aliphatic heterocycles. The highest BCUT2D eigenvalue weighted by molar-refractivity contribution is 7.89. The van der Waals surface area contributed by atoms with Gasteiger partial charge in [0.05, 0.1) is 11.8 Å². The SMILES string of the molecule is O=CN(O)[C@@H](CCc1ncccn1)CS(=O)(=O)N1CCN(c2ncc(-c3ccc(F)cc3)cn2)CC1. The molecule has 0 bridgehead atoms. The van der Waals surface area contributed by atoms with E-state index in [1.807, 2.05) is 4.90 Å². The average molecular weight is 516 g/mol. The van der Waals surface area contributed by atoms with Crippen molar-refractivity contribution in [3.8, 4) is 11.1 Å². The van der Waals surface area contributed by atoms with Gasteiger partial charge in [0.1, 0.15) is 11.6 Å². The number of halogens is 1. The largest absolute Gasteiger partial charge is 0.338 e. The number of amides is 1. The van der Waals surface area contributed by atoms with Crippen molar-refractivity contribution in [1.29, 1.82) is 0 Å². The van der Waals surface area contributed by atoms with E-state index >= 15 is 0 Å². The molecule has 190 valence electrons. The zero-order valence-corrected chi connectivity index (χ0v) is 20.2. The second-order valence-electron chi connectivity index (χ2n) is 8.29. The lowest BCUT2D eigenvalue weighted by atomic mass is 10.1. The first-order valence-corrected chi connectivity index (χ1v) is 13.0. The summed E-state index contributed by atoms with van der Waals surface area (Å²) in [6, 6.07) is 6.77. The first-order chi connectivity index (χ1) is 17.4. The van der Waals surface area contributed by atoms with Crippen LogP contribution in [-0.4, -0.2) is 87.3 Å². The van der Waals surface area contributed by atoms with E-state index in [0.717, 1.165) is 11.1 Å². The van der Waals surface area contributed by atoms with E-state index in [-0.39, 0.29) is 31.7 Å². The molecule has 13 heteroatoms. The maximum absolute atomic E-state index is 13.1. The van der Waals surface area contributed by atoms with Crippen molar-refractivity contribution in [1.82, 2.24) is 29.3 Å². The Morgan fingerprint density at radius 1 is 1.00 bits per heavy atom. The van der Waals surface area contributed by atoms with Crippen LogP contribution in [0.25, 0.3) is 11.1 Å². The Bertz CT molecular complexity index is 1240. The van der Waals surface area contributed by atoms with Crippen LogP contribution in [0.15, 0.2) is 55.1 Å². The van der Waals surface area contributed by atoms with Gasteiger partial charge in [-0.3, -0.25) is 10.0 Å². The number of hydrogen-bond donors (Lipinski definition) is 1. The minimum atomic E-state index is -3.76. The highest BCUT2D eigenvalue weighted by Crippen LogP contribution is 2.21. The quantitative estimate of drug-likeness (QED) is 0.241. The molecule has 1 fully saturated rings. The molecule has 0 saturated carbocycles. The standard InChI is InChI=1S/C23H26FN7O4S/c24-20-4-2-18(3-5-20)19-14-27-23(28-15-19)29-10-12-30(13-11-29)36(34,35)16-21(31(33)17-32)6-7-22-25-8-1-9-26-22/h1-5,8-9,14-15,17,21,33H,6-7,10-13,16H2/t21-/m0/s1. The Labute approximate surface area is 208 Å². The van der Waals surface area contributed by atoms with Crippen molar-refractivity contribution in [3.63, 3.8) is 0 Å². The van der Waals surface area contributed by atoms with Crippen molar-refractivity contribution in [2.24, 2.45) is 0 Å². The number of sulfonamides is 1. The molecule has 2 aromatic heterocycles. The van der Waals surface area contributed by atoms with Gasteiger partial charge >= 0.3 is 0 Å². The summed E-state index contributed by atoms with van der Waals surface area (Å²) in [4.78, 5) is 30.0. The summed E-state index contributed by atoms with van der Waals surface area (Å²) in [6.45, 7) is 1.20. The van der Waals surface area contributed by atoms with Crippen molar-refractivity contribution in [3.05, 3.63) is 66.8 Å². The lowest BCUT2D eigenvalue weighted by Gasteiger charge is -2.35. The van der Waals surface area contributed by atoms with Crippen molar-refractivity contribution >= 4 is 22.4 Å². The van der Waals surface area contributed by atoms with Crippen LogP contribution in [0.1, 0.15) is 12.2 Å². The fourth-order valence-electron chi connectivity index (χ4n) is 3.92. The van der Waals surface area contributed by atoms with Gasteiger partial charge in [-0.15, -0.1) is 0 Å². The fourth-order valence-corrected chi connectivity index (χ4v) is 5.66. The highest BCUT2D eigenvalue weighted by Gasteiger charge is 2.32. The maximum atomic E-state index is 13.1. The van der Waals surface area contributed by atoms with Gasteiger partial charge in [0.2, 0.25) is 22.4 Å². The lowest BCUT2D eigenvalue weighted by molar-refractivity contribution is -0.158. The zero-order valence-electron chi connectivity index (χ0n) is 19.4. The van der Waals surface area contributed by atoms with Crippen LogP contribution < -0.4 is 4.90 Å². The molecule has 1 amide bonds. The molecular formula is C23H26FN7O4S. The van der Waals surface area contributed by atoms with Crippen molar-refractivity contribution in [2.45, 2.75) is 18.9 Å². The van der Waals surface area contributed by atoms with E-state index in [2.05, 4.69) is 19.9 Å². The molecule has 0 unspecified atom stereocenters. The Morgan fingerprint density at radius 3 is 2.25 bits per heavy atom. The molecule has 4 rings (SSSR count). The van der Waals surface area contributed by atoms with Crippen LogP contribution in [-0.2, 0) is 21.2 Å². The molecule has 0 radical (unpaired) electrons. The zero-order chi connectivity index (χ0) is 25.5. The molecule has 1 aliphatic rings. The summed E-state index contributed by atoms with van der Waals surface area (Å²) in [6.07, 6.45) is 7.15. The Balaban J connectivity index is 1.35. The summed E-state index contributed by atoms with van der Waals surface area (Å²) in [5.41, 5.74) is 1.54. The molecule has 1 atom stereocenters. The van der Waals surface area contributed by atoms with Gasteiger partial charge in [0.25, 0.3) is 0 Å². The topological polar surface area (TPSA) is 133 Å². The van der Waals surface area contributed by atoms with Gasteiger partial charge in [0, 0.05) is 63.0 Å². The fraction of sp³-hybridized carbons (Fsp3) is 0.348. The minimum absolute atomic E-state index is 0.187.